The van der Waals surface area contributed by atoms with Crippen LogP contribution < -0.4 is 0 Å². The topological polar surface area (TPSA) is 39.1 Å². The van der Waals surface area contributed by atoms with E-state index in [1.165, 1.54) is 43.5 Å². The quantitative estimate of drug-likeness (QED) is 0.851. The highest BCUT2D eigenvalue weighted by Gasteiger charge is 2.40. The third kappa shape index (κ3) is 2.01. The van der Waals surface area contributed by atoms with Crippen molar-refractivity contribution < 1.29 is 17.2 Å². The molecule has 21 heavy (non-hydrogen) atoms. The second-order valence-electron chi connectivity index (χ2n) is 5.24. The van der Waals surface area contributed by atoms with Crippen LogP contribution >= 0.6 is 0 Å². The lowest BCUT2D eigenvalue weighted by molar-refractivity contribution is 0.544. The van der Waals surface area contributed by atoms with Crippen LogP contribution in [0, 0.1) is 5.82 Å². The molecular weight excluding hydrogens is 296 g/mol. The fourth-order valence-electron chi connectivity index (χ4n) is 2.53. The average Bonchev–Trinajstić information content (AvgIpc) is 2.84. The van der Waals surface area contributed by atoms with Gasteiger partial charge >= 0.3 is 0 Å². The van der Waals surface area contributed by atoms with E-state index in [9.17, 15) is 17.2 Å². The molecule has 6 heteroatoms. The van der Waals surface area contributed by atoms with Crippen molar-refractivity contribution in [3.63, 3.8) is 0 Å². The van der Waals surface area contributed by atoms with E-state index in [1.54, 1.807) is 6.07 Å². The highest BCUT2D eigenvalue weighted by Crippen LogP contribution is 2.33. The molecule has 1 unspecified atom stereocenters. The predicted octanol–water partition coefficient (Wildman–Crippen LogP) is 3.53. The number of halogens is 2. The third-order valence-electron chi connectivity index (χ3n) is 3.72. The van der Waals surface area contributed by atoms with Crippen molar-refractivity contribution in [2.45, 2.75) is 18.1 Å². The van der Waals surface area contributed by atoms with E-state index in [1.807, 2.05) is 0 Å². The van der Waals surface area contributed by atoms with Crippen molar-refractivity contribution in [2.24, 2.45) is 0 Å². The molecule has 1 heterocycles. The van der Waals surface area contributed by atoms with Gasteiger partial charge in [0, 0.05) is 11.6 Å². The molecule has 0 saturated heterocycles. The van der Waals surface area contributed by atoms with Crippen LogP contribution in [0.15, 0.2) is 54.5 Å². The van der Waals surface area contributed by atoms with Gasteiger partial charge in [0.1, 0.15) is 16.4 Å². The Morgan fingerprint density at radius 2 is 2.00 bits per heavy atom. The fraction of sp³-hybridized carbons (Fsp3) is 0.200. The van der Waals surface area contributed by atoms with Gasteiger partial charge in [0.25, 0.3) is 0 Å². The van der Waals surface area contributed by atoms with Crippen LogP contribution in [-0.4, -0.2) is 17.1 Å². The minimum absolute atomic E-state index is 0.0120. The molecule has 1 atom stereocenters. The fourth-order valence-corrected chi connectivity index (χ4v) is 4.20. The molecule has 0 aliphatic heterocycles. The lowest BCUT2D eigenvalue weighted by atomic mass is 10.0. The van der Waals surface area contributed by atoms with Crippen LogP contribution in [0.1, 0.15) is 13.3 Å². The van der Waals surface area contributed by atoms with Crippen LogP contribution in [0.4, 0.5) is 8.78 Å². The van der Waals surface area contributed by atoms with Crippen LogP contribution in [0.2, 0.25) is 0 Å². The average molecular weight is 309 g/mol. The van der Waals surface area contributed by atoms with Crippen LogP contribution in [-0.2, 0) is 10.0 Å². The molecule has 0 fully saturated rings. The zero-order chi connectivity index (χ0) is 15.3. The van der Waals surface area contributed by atoms with Gasteiger partial charge in [-0.15, -0.1) is 0 Å². The zero-order valence-corrected chi connectivity index (χ0v) is 12.1. The van der Waals surface area contributed by atoms with Crippen molar-refractivity contribution >= 4 is 20.9 Å². The Hall–Kier alpha value is -1.95. The van der Waals surface area contributed by atoms with Gasteiger partial charge in [-0.2, -0.15) is 0 Å². The standard InChI is InChI=1S/C15H13F2NO2S/c1-15(8-3-5-12(16)10-15)21(19,20)18-9-7-11-4-2-6-13(17)14(11)18/h2-7,9-10H,8H2,1H3. The molecule has 2 aromatic rings. The van der Waals surface area contributed by atoms with Gasteiger partial charge in [-0.3, -0.25) is 0 Å². The monoisotopic (exact) mass is 309 g/mol. The third-order valence-corrected chi connectivity index (χ3v) is 6.00. The van der Waals surface area contributed by atoms with Crippen molar-refractivity contribution in [1.29, 1.82) is 0 Å². The van der Waals surface area contributed by atoms with E-state index in [-0.39, 0.29) is 11.9 Å². The molecular formula is C15H13F2NO2S. The minimum Gasteiger partial charge on any atom is -0.241 e. The second-order valence-corrected chi connectivity index (χ2v) is 7.52. The first-order valence-electron chi connectivity index (χ1n) is 6.41. The number of hydrogen-bond acceptors (Lipinski definition) is 2. The maximum Gasteiger partial charge on any atom is 0.248 e. The molecule has 0 amide bonds. The summed E-state index contributed by atoms with van der Waals surface area (Å²) in [6.45, 7) is 1.43. The maximum absolute atomic E-state index is 14.0. The summed E-state index contributed by atoms with van der Waals surface area (Å²) in [5, 5.41) is 0.484. The smallest absolute Gasteiger partial charge is 0.241 e. The van der Waals surface area contributed by atoms with E-state index in [4.69, 9.17) is 0 Å². The summed E-state index contributed by atoms with van der Waals surface area (Å²) in [5.41, 5.74) is -0.0120. The molecule has 3 rings (SSSR count). The van der Waals surface area contributed by atoms with Gasteiger partial charge in [-0.25, -0.2) is 21.2 Å². The Labute approximate surface area is 121 Å². The van der Waals surface area contributed by atoms with Gasteiger partial charge in [-0.1, -0.05) is 18.2 Å². The highest BCUT2D eigenvalue weighted by atomic mass is 32.2. The van der Waals surface area contributed by atoms with Crippen molar-refractivity contribution in [2.75, 3.05) is 0 Å². The Kier molecular flexibility index (Phi) is 3.02. The summed E-state index contributed by atoms with van der Waals surface area (Å²) in [7, 11) is -3.99. The van der Waals surface area contributed by atoms with E-state index in [2.05, 4.69) is 0 Å². The number of aromatic nitrogens is 1. The van der Waals surface area contributed by atoms with Gasteiger partial charge in [0.2, 0.25) is 10.0 Å². The number of nitrogens with zero attached hydrogens (tertiary/aromatic N) is 1. The summed E-state index contributed by atoms with van der Waals surface area (Å²) < 4.78 is 52.6. The first-order chi connectivity index (χ1) is 9.85. The normalized spacial score (nSPS) is 22.5. The minimum atomic E-state index is -3.99. The van der Waals surface area contributed by atoms with Crippen molar-refractivity contribution in [1.82, 2.24) is 3.97 Å². The lowest BCUT2D eigenvalue weighted by Crippen LogP contribution is -2.38. The SMILES string of the molecule is CC1(S(=O)(=O)n2ccc3cccc(F)c32)C=C(F)C=CC1. The molecule has 1 aliphatic carbocycles. The first kappa shape index (κ1) is 14.0. The lowest BCUT2D eigenvalue weighted by Gasteiger charge is -2.27. The summed E-state index contributed by atoms with van der Waals surface area (Å²) >= 11 is 0. The summed E-state index contributed by atoms with van der Waals surface area (Å²) in [6, 6.07) is 5.87. The Morgan fingerprint density at radius 3 is 2.71 bits per heavy atom. The first-order valence-corrected chi connectivity index (χ1v) is 7.85. The zero-order valence-electron chi connectivity index (χ0n) is 11.3. The molecule has 1 aromatic heterocycles. The van der Waals surface area contributed by atoms with Crippen molar-refractivity contribution in [3.05, 3.63) is 60.3 Å². The predicted molar refractivity (Wildman–Crippen MR) is 77.6 cm³/mol. The van der Waals surface area contributed by atoms with Gasteiger partial charge in [-0.05, 0) is 37.6 Å². The van der Waals surface area contributed by atoms with Crippen LogP contribution in [0.5, 0.6) is 0 Å². The number of allylic oxidation sites excluding steroid dienone is 3. The molecule has 1 aliphatic rings. The molecule has 0 N–H and O–H groups in total. The van der Waals surface area contributed by atoms with Crippen LogP contribution in [0.25, 0.3) is 10.9 Å². The van der Waals surface area contributed by atoms with E-state index in [0.717, 1.165) is 10.0 Å². The molecule has 1 aromatic carbocycles. The Balaban J connectivity index is 2.25. The van der Waals surface area contributed by atoms with E-state index < -0.39 is 26.4 Å². The van der Waals surface area contributed by atoms with Crippen LogP contribution in [0.3, 0.4) is 0 Å². The van der Waals surface area contributed by atoms with Gasteiger partial charge in [0.15, 0.2) is 0 Å². The summed E-state index contributed by atoms with van der Waals surface area (Å²) in [4.78, 5) is 0. The van der Waals surface area contributed by atoms with Gasteiger partial charge < -0.3 is 0 Å². The van der Waals surface area contributed by atoms with E-state index in [0.29, 0.717) is 5.39 Å². The molecule has 0 bridgehead atoms. The summed E-state index contributed by atoms with van der Waals surface area (Å²) in [5.74, 6) is -1.23. The molecule has 0 spiro atoms. The molecule has 3 nitrogen and oxygen atoms in total. The number of benzene rings is 1. The number of rotatable bonds is 2. The number of fused-ring (bicyclic) bond motifs is 1. The molecule has 110 valence electrons. The Morgan fingerprint density at radius 1 is 1.24 bits per heavy atom. The number of hydrogen-bond donors (Lipinski definition) is 0. The summed E-state index contributed by atoms with van der Waals surface area (Å²) in [6.07, 6.45) is 5.20. The molecule has 0 saturated carbocycles. The van der Waals surface area contributed by atoms with Crippen molar-refractivity contribution in [3.8, 4) is 0 Å². The van der Waals surface area contributed by atoms with E-state index >= 15 is 0 Å². The largest absolute Gasteiger partial charge is 0.248 e. The van der Waals surface area contributed by atoms with Gasteiger partial charge in [0.05, 0.1) is 5.52 Å². The molecule has 0 radical (unpaired) electrons. The second kappa shape index (κ2) is 4.53. The highest BCUT2D eigenvalue weighted by molar-refractivity contribution is 7.91. The maximum atomic E-state index is 14.0. The Bertz CT molecular complexity index is 880. The number of para-hydroxylation sites is 1.